The van der Waals surface area contributed by atoms with E-state index in [1.807, 2.05) is 39.0 Å². The van der Waals surface area contributed by atoms with Crippen LogP contribution in [-0.4, -0.2) is 28.5 Å². The average molecular weight is 396 g/mol. The number of carbonyl (C=O) groups excluding carboxylic acids is 1. The van der Waals surface area contributed by atoms with Crippen molar-refractivity contribution in [1.82, 2.24) is 4.98 Å². The summed E-state index contributed by atoms with van der Waals surface area (Å²) in [6.45, 7) is 14.6. The Kier molecular flexibility index (Phi) is 16.2. The highest BCUT2D eigenvalue weighted by Gasteiger charge is 2.21. The van der Waals surface area contributed by atoms with Crippen molar-refractivity contribution in [3.05, 3.63) is 23.9 Å². The Balaban J connectivity index is 0. The molecule has 162 valence electrons. The minimum atomic E-state index is -0.836. The monoisotopic (exact) mass is 395 g/mol. The summed E-state index contributed by atoms with van der Waals surface area (Å²) in [4.78, 5) is 25.8. The van der Waals surface area contributed by atoms with Gasteiger partial charge >= 0.3 is 5.97 Å². The second-order valence-corrected chi connectivity index (χ2v) is 7.75. The standard InChI is InChI=1S/C14H22N2O.C5H12.C3H7NO2/c1-6-10(2)11-8-7-9-12(15-11)16-13(17)14(3,4)5;1-3-5-4-2;4-2-1-3(5)6/h7-10H,6H2,1-5H3,(H,15,16,17);3-5H2,1-2H3;1-2,4H2,(H,5,6). The number of amides is 1. The zero-order chi connectivity index (χ0) is 22.2. The molecule has 0 aliphatic carbocycles. The number of hydrogen-bond acceptors (Lipinski definition) is 4. The number of carboxylic acid groups (broad SMARTS) is 1. The maximum atomic E-state index is 11.8. The van der Waals surface area contributed by atoms with Crippen LogP contribution in [0.5, 0.6) is 0 Å². The van der Waals surface area contributed by atoms with Crippen LogP contribution in [0.15, 0.2) is 18.2 Å². The van der Waals surface area contributed by atoms with E-state index < -0.39 is 11.4 Å². The van der Waals surface area contributed by atoms with Gasteiger partial charge in [0.15, 0.2) is 0 Å². The number of rotatable bonds is 7. The molecule has 0 saturated heterocycles. The summed E-state index contributed by atoms with van der Waals surface area (Å²) >= 11 is 0. The molecule has 0 saturated carbocycles. The third-order valence-electron chi connectivity index (χ3n) is 3.88. The number of nitrogens with two attached hydrogens (primary N) is 1. The van der Waals surface area contributed by atoms with Crippen molar-refractivity contribution in [2.24, 2.45) is 11.1 Å². The highest BCUT2D eigenvalue weighted by molar-refractivity contribution is 5.93. The molecule has 6 nitrogen and oxygen atoms in total. The molecule has 1 atom stereocenters. The second-order valence-electron chi connectivity index (χ2n) is 7.75. The molecule has 1 amide bonds. The van der Waals surface area contributed by atoms with E-state index in [2.05, 4.69) is 38.0 Å². The normalized spacial score (nSPS) is 11.3. The van der Waals surface area contributed by atoms with Crippen molar-refractivity contribution >= 4 is 17.7 Å². The summed E-state index contributed by atoms with van der Waals surface area (Å²) in [5.41, 5.74) is 5.48. The topological polar surface area (TPSA) is 105 Å². The van der Waals surface area contributed by atoms with Crippen LogP contribution in [-0.2, 0) is 9.59 Å². The Bertz CT molecular complexity index is 552. The summed E-state index contributed by atoms with van der Waals surface area (Å²) in [5.74, 6) is 0.216. The first kappa shape index (κ1) is 28.3. The van der Waals surface area contributed by atoms with Crippen LogP contribution in [0.25, 0.3) is 0 Å². The minimum Gasteiger partial charge on any atom is -0.481 e. The van der Waals surface area contributed by atoms with Gasteiger partial charge in [-0.1, -0.05) is 73.8 Å². The number of unbranched alkanes of at least 4 members (excludes halogenated alkanes) is 2. The van der Waals surface area contributed by atoms with E-state index in [4.69, 9.17) is 10.8 Å². The third kappa shape index (κ3) is 15.1. The molecule has 0 bridgehead atoms. The molecule has 0 spiro atoms. The molecule has 28 heavy (non-hydrogen) atoms. The molecule has 4 N–H and O–H groups in total. The van der Waals surface area contributed by atoms with E-state index in [9.17, 15) is 9.59 Å². The number of aromatic nitrogens is 1. The molecule has 0 aliphatic rings. The lowest BCUT2D eigenvalue weighted by molar-refractivity contribution is -0.136. The maximum Gasteiger partial charge on any atom is 0.304 e. The van der Waals surface area contributed by atoms with Gasteiger partial charge in [-0.3, -0.25) is 9.59 Å². The number of hydrogen-bond donors (Lipinski definition) is 3. The quantitative estimate of drug-likeness (QED) is 0.589. The van der Waals surface area contributed by atoms with Gasteiger partial charge in [0.25, 0.3) is 0 Å². The second kappa shape index (κ2) is 16.0. The van der Waals surface area contributed by atoms with Gasteiger partial charge in [-0.15, -0.1) is 0 Å². The van der Waals surface area contributed by atoms with Gasteiger partial charge in [0, 0.05) is 17.7 Å². The predicted molar refractivity (Wildman–Crippen MR) is 118 cm³/mol. The molecule has 0 aliphatic heterocycles. The van der Waals surface area contributed by atoms with Crippen molar-refractivity contribution in [3.8, 4) is 0 Å². The Morgan fingerprint density at radius 3 is 2.07 bits per heavy atom. The van der Waals surface area contributed by atoms with Crippen molar-refractivity contribution in [1.29, 1.82) is 0 Å². The lowest BCUT2D eigenvalue weighted by atomic mass is 9.96. The lowest BCUT2D eigenvalue weighted by Crippen LogP contribution is -2.28. The van der Waals surface area contributed by atoms with E-state index in [1.165, 1.54) is 19.3 Å². The van der Waals surface area contributed by atoms with Crippen molar-refractivity contribution in [2.75, 3.05) is 11.9 Å². The van der Waals surface area contributed by atoms with E-state index in [0.29, 0.717) is 11.7 Å². The maximum absolute atomic E-state index is 11.8. The van der Waals surface area contributed by atoms with Gasteiger partial charge in [0.2, 0.25) is 5.91 Å². The first-order valence-corrected chi connectivity index (χ1v) is 10.2. The minimum absolute atomic E-state index is 0.00805. The van der Waals surface area contributed by atoms with Crippen molar-refractivity contribution in [3.63, 3.8) is 0 Å². The van der Waals surface area contributed by atoms with Crippen LogP contribution in [0.3, 0.4) is 0 Å². The average Bonchev–Trinajstić information content (AvgIpc) is 2.62. The molecule has 1 aromatic rings. The summed E-state index contributed by atoms with van der Waals surface area (Å²) < 4.78 is 0. The number of pyridine rings is 1. The number of aliphatic carboxylic acids is 1. The van der Waals surface area contributed by atoms with Crippen molar-refractivity contribution < 1.29 is 14.7 Å². The van der Waals surface area contributed by atoms with Crippen molar-refractivity contribution in [2.45, 2.75) is 86.5 Å². The number of nitrogens with one attached hydrogen (secondary N) is 1. The number of nitrogens with zero attached hydrogens (tertiary/aromatic N) is 1. The smallest absolute Gasteiger partial charge is 0.304 e. The number of carboxylic acids is 1. The zero-order valence-electron chi connectivity index (χ0n) is 18.8. The van der Waals surface area contributed by atoms with E-state index in [0.717, 1.165) is 12.1 Å². The van der Waals surface area contributed by atoms with Gasteiger partial charge in [0.1, 0.15) is 5.82 Å². The van der Waals surface area contributed by atoms with Crippen LogP contribution in [0, 0.1) is 5.41 Å². The fraction of sp³-hybridized carbons (Fsp3) is 0.682. The Labute approximate surface area is 171 Å². The van der Waals surface area contributed by atoms with Gasteiger partial charge < -0.3 is 16.2 Å². The third-order valence-corrected chi connectivity index (χ3v) is 3.88. The fourth-order valence-electron chi connectivity index (χ4n) is 1.79. The van der Waals surface area contributed by atoms with Gasteiger partial charge in [-0.05, 0) is 24.5 Å². The molecular weight excluding hydrogens is 354 g/mol. The lowest BCUT2D eigenvalue weighted by Gasteiger charge is -2.18. The fourth-order valence-corrected chi connectivity index (χ4v) is 1.79. The summed E-state index contributed by atoms with van der Waals surface area (Å²) in [6, 6.07) is 5.77. The highest BCUT2D eigenvalue weighted by atomic mass is 16.4. The number of anilines is 1. The van der Waals surface area contributed by atoms with Crippen LogP contribution < -0.4 is 11.1 Å². The predicted octanol–water partition coefficient (Wildman–Crippen LogP) is 5.20. The number of carbonyl (C=O) groups is 2. The molecule has 6 heteroatoms. The summed E-state index contributed by atoms with van der Waals surface area (Å²) in [5, 5.41) is 10.7. The SMILES string of the molecule is CCC(C)c1cccc(NC(=O)C(C)(C)C)n1.CCCCC.NCCC(=O)O. The van der Waals surface area contributed by atoms with E-state index in [1.54, 1.807) is 0 Å². The molecule has 0 fully saturated rings. The van der Waals surface area contributed by atoms with E-state index in [-0.39, 0.29) is 18.9 Å². The zero-order valence-corrected chi connectivity index (χ0v) is 18.8. The molecule has 1 unspecified atom stereocenters. The summed E-state index contributed by atoms with van der Waals surface area (Å²) in [7, 11) is 0. The molecule has 1 aromatic heterocycles. The Morgan fingerprint density at radius 2 is 1.75 bits per heavy atom. The highest BCUT2D eigenvalue weighted by Crippen LogP contribution is 2.20. The summed E-state index contributed by atoms with van der Waals surface area (Å²) in [6.07, 6.45) is 5.19. The van der Waals surface area contributed by atoms with Crippen LogP contribution >= 0.6 is 0 Å². The molecule has 0 aromatic carbocycles. The van der Waals surface area contributed by atoms with Gasteiger partial charge in [-0.25, -0.2) is 4.98 Å². The van der Waals surface area contributed by atoms with Gasteiger partial charge in [-0.2, -0.15) is 0 Å². The molecule has 1 rings (SSSR count). The van der Waals surface area contributed by atoms with Gasteiger partial charge in [0.05, 0.1) is 6.42 Å². The first-order chi connectivity index (χ1) is 13.0. The largest absolute Gasteiger partial charge is 0.481 e. The molecule has 0 radical (unpaired) electrons. The van der Waals surface area contributed by atoms with Crippen LogP contribution in [0.4, 0.5) is 5.82 Å². The van der Waals surface area contributed by atoms with Crippen LogP contribution in [0.1, 0.15) is 92.2 Å². The first-order valence-electron chi connectivity index (χ1n) is 10.2. The Morgan fingerprint density at radius 1 is 1.18 bits per heavy atom. The molecular formula is C22H41N3O3. The Hall–Kier alpha value is -1.95. The molecule has 1 heterocycles. The van der Waals surface area contributed by atoms with Crippen LogP contribution in [0.2, 0.25) is 0 Å². The van der Waals surface area contributed by atoms with E-state index >= 15 is 0 Å².